The SMILES string of the molecule is Oc1ccc(CNCCc2ccc(Br)s2)cc1O. The number of benzene rings is 1. The Morgan fingerprint density at radius 1 is 1.11 bits per heavy atom. The van der Waals surface area contributed by atoms with E-state index in [1.54, 1.807) is 23.5 Å². The van der Waals surface area contributed by atoms with Crippen LogP contribution in [0.5, 0.6) is 11.5 Å². The summed E-state index contributed by atoms with van der Waals surface area (Å²) >= 11 is 5.18. The van der Waals surface area contributed by atoms with Crippen molar-refractivity contribution in [3.63, 3.8) is 0 Å². The number of rotatable bonds is 5. The van der Waals surface area contributed by atoms with Gasteiger partial charge in [-0.2, -0.15) is 0 Å². The van der Waals surface area contributed by atoms with E-state index >= 15 is 0 Å². The Labute approximate surface area is 118 Å². The molecule has 96 valence electrons. The Bertz CT molecular complexity index is 527. The van der Waals surface area contributed by atoms with Crippen molar-refractivity contribution in [2.75, 3.05) is 6.54 Å². The van der Waals surface area contributed by atoms with E-state index < -0.39 is 0 Å². The van der Waals surface area contributed by atoms with E-state index in [0.717, 1.165) is 22.3 Å². The zero-order valence-corrected chi connectivity index (χ0v) is 12.1. The van der Waals surface area contributed by atoms with Gasteiger partial charge in [-0.25, -0.2) is 0 Å². The van der Waals surface area contributed by atoms with Crippen LogP contribution in [0.15, 0.2) is 34.1 Å². The van der Waals surface area contributed by atoms with Gasteiger partial charge in [0.15, 0.2) is 11.5 Å². The summed E-state index contributed by atoms with van der Waals surface area (Å²) in [7, 11) is 0. The van der Waals surface area contributed by atoms with Gasteiger partial charge in [0.1, 0.15) is 0 Å². The quantitative estimate of drug-likeness (QED) is 0.583. The molecule has 1 aromatic carbocycles. The van der Waals surface area contributed by atoms with E-state index in [4.69, 9.17) is 0 Å². The molecular formula is C13H14BrNO2S. The van der Waals surface area contributed by atoms with E-state index in [9.17, 15) is 10.2 Å². The Kier molecular flexibility index (Phi) is 4.63. The summed E-state index contributed by atoms with van der Waals surface area (Å²) in [5, 5.41) is 21.9. The highest BCUT2D eigenvalue weighted by molar-refractivity contribution is 9.11. The minimum atomic E-state index is -0.0813. The van der Waals surface area contributed by atoms with Crippen molar-refractivity contribution in [3.8, 4) is 11.5 Å². The lowest BCUT2D eigenvalue weighted by atomic mass is 10.2. The van der Waals surface area contributed by atoms with E-state index in [1.807, 2.05) is 0 Å². The monoisotopic (exact) mass is 327 g/mol. The lowest BCUT2D eigenvalue weighted by molar-refractivity contribution is 0.403. The number of hydrogen-bond acceptors (Lipinski definition) is 4. The summed E-state index contributed by atoms with van der Waals surface area (Å²) in [6.07, 6.45) is 0.986. The van der Waals surface area contributed by atoms with Crippen molar-refractivity contribution in [3.05, 3.63) is 44.6 Å². The maximum absolute atomic E-state index is 9.36. The van der Waals surface area contributed by atoms with Crippen molar-refractivity contribution < 1.29 is 10.2 Å². The number of hydrogen-bond donors (Lipinski definition) is 3. The number of aromatic hydroxyl groups is 2. The maximum Gasteiger partial charge on any atom is 0.157 e. The summed E-state index contributed by atoms with van der Waals surface area (Å²) in [5.74, 6) is -0.154. The highest BCUT2D eigenvalue weighted by Gasteiger charge is 2.01. The number of phenolic OH excluding ortho intramolecular Hbond substituents is 2. The van der Waals surface area contributed by atoms with E-state index in [0.29, 0.717) is 6.54 Å². The van der Waals surface area contributed by atoms with Crippen LogP contribution < -0.4 is 5.32 Å². The molecule has 0 aliphatic rings. The van der Waals surface area contributed by atoms with Gasteiger partial charge in [-0.1, -0.05) is 6.07 Å². The Hall–Kier alpha value is -1.04. The highest BCUT2D eigenvalue weighted by Crippen LogP contribution is 2.25. The van der Waals surface area contributed by atoms with Crippen molar-refractivity contribution in [2.45, 2.75) is 13.0 Å². The number of phenols is 2. The van der Waals surface area contributed by atoms with Crippen LogP contribution in [-0.2, 0) is 13.0 Å². The summed E-state index contributed by atoms with van der Waals surface area (Å²) in [4.78, 5) is 1.34. The summed E-state index contributed by atoms with van der Waals surface area (Å²) in [6, 6.07) is 9.04. The van der Waals surface area contributed by atoms with Gasteiger partial charge in [-0.05, 0) is 52.2 Å². The van der Waals surface area contributed by atoms with Crippen LogP contribution in [0.4, 0.5) is 0 Å². The van der Waals surface area contributed by atoms with Gasteiger partial charge in [-0.3, -0.25) is 0 Å². The Morgan fingerprint density at radius 3 is 2.61 bits per heavy atom. The van der Waals surface area contributed by atoms with Crippen molar-refractivity contribution in [1.82, 2.24) is 5.32 Å². The zero-order valence-electron chi connectivity index (χ0n) is 9.69. The second-order valence-corrected chi connectivity index (χ2v) is 6.50. The molecule has 18 heavy (non-hydrogen) atoms. The first-order chi connectivity index (χ1) is 8.65. The fourth-order valence-corrected chi connectivity index (χ4v) is 3.09. The zero-order chi connectivity index (χ0) is 13.0. The van der Waals surface area contributed by atoms with Crippen LogP contribution in [0.25, 0.3) is 0 Å². The van der Waals surface area contributed by atoms with Crippen LogP contribution in [-0.4, -0.2) is 16.8 Å². The Balaban J connectivity index is 1.76. The van der Waals surface area contributed by atoms with Gasteiger partial charge >= 0.3 is 0 Å². The molecule has 5 heteroatoms. The van der Waals surface area contributed by atoms with Crippen molar-refractivity contribution in [2.24, 2.45) is 0 Å². The molecule has 1 heterocycles. The molecule has 0 aliphatic heterocycles. The molecule has 1 aromatic heterocycles. The third-order valence-electron chi connectivity index (χ3n) is 2.55. The smallest absolute Gasteiger partial charge is 0.157 e. The Morgan fingerprint density at radius 2 is 1.94 bits per heavy atom. The van der Waals surface area contributed by atoms with Crippen LogP contribution in [0, 0.1) is 0 Å². The predicted molar refractivity (Wildman–Crippen MR) is 77.2 cm³/mol. The van der Waals surface area contributed by atoms with Crippen LogP contribution >= 0.6 is 27.3 Å². The number of thiophene rings is 1. The standard InChI is InChI=1S/C13H14BrNO2S/c14-13-4-2-10(18-13)5-6-15-8-9-1-3-11(16)12(17)7-9/h1-4,7,15-17H,5-6,8H2. The summed E-state index contributed by atoms with van der Waals surface area (Å²) in [6.45, 7) is 1.56. The molecule has 3 N–H and O–H groups in total. The lowest BCUT2D eigenvalue weighted by Gasteiger charge is -2.05. The first kappa shape index (κ1) is 13.4. The van der Waals surface area contributed by atoms with Gasteiger partial charge in [-0.15, -0.1) is 11.3 Å². The molecule has 0 spiro atoms. The molecule has 2 aromatic rings. The normalized spacial score (nSPS) is 10.7. The largest absolute Gasteiger partial charge is 0.504 e. The minimum Gasteiger partial charge on any atom is -0.504 e. The summed E-state index contributed by atoms with van der Waals surface area (Å²) < 4.78 is 1.15. The second-order valence-electron chi connectivity index (χ2n) is 3.96. The van der Waals surface area contributed by atoms with Crippen LogP contribution in [0.3, 0.4) is 0 Å². The molecule has 0 fully saturated rings. The second kappa shape index (κ2) is 6.22. The van der Waals surface area contributed by atoms with E-state index in [2.05, 4.69) is 33.4 Å². The van der Waals surface area contributed by atoms with Gasteiger partial charge < -0.3 is 15.5 Å². The molecule has 3 nitrogen and oxygen atoms in total. The fraction of sp³-hybridized carbons (Fsp3) is 0.231. The minimum absolute atomic E-state index is 0.0727. The van der Waals surface area contributed by atoms with Crippen molar-refractivity contribution in [1.29, 1.82) is 0 Å². The molecule has 0 aliphatic carbocycles. The van der Waals surface area contributed by atoms with Crippen LogP contribution in [0.1, 0.15) is 10.4 Å². The molecule has 0 saturated heterocycles. The van der Waals surface area contributed by atoms with Gasteiger partial charge in [0, 0.05) is 18.0 Å². The molecule has 0 atom stereocenters. The number of nitrogens with one attached hydrogen (secondary N) is 1. The lowest BCUT2D eigenvalue weighted by Crippen LogP contribution is -2.16. The van der Waals surface area contributed by atoms with Crippen LogP contribution in [0.2, 0.25) is 0 Å². The molecule has 0 amide bonds. The van der Waals surface area contributed by atoms with Gasteiger partial charge in [0.25, 0.3) is 0 Å². The van der Waals surface area contributed by atoms with E-state index in [-0.39, 0.29) is 11.5 Å². The average Bonchev–Trinajstić information content (AvgIpc) is 2.75. The topological polar surface area (TPSA) is 52.5 Å². The molecule has 0 saturated carbocycles. The average molecular weight is 328 g/mol. The molecule has 0 radical (unpaired) electrons. The molecule has 0 bridgehead atoms. The number of halogens is 1. The predicted octanol–water partition coefficient (Wildman–Crippen LogP) is 3.25. The molecule has 2 rings (SSSR count). The molecular weight excluding hydrogens is 314 g/mol. The van der Waals surface area contributed by atoms with Crippen molar-refractivity contribution >= 4 is 27.3 Å². The fourth-order valence-electron chi connectivity index (χ4n) is 1.61. The first-order valence-corrected chi connectivity index (χ1v) is 7.22. The first-order valence-electron chi connectivity index (χ1n) is 5.61. The molecule has 0 unspecified atom stereocenters. The third-order valence-corrected chi connectivity index (χ3v) is 4.23. The third kappa shape index (κ3) is 3.73. The maximum atomic E-state index is 9.36. The highest BCUT2D eigenvalue weighted by atomic mass is 79.9. The summed E-state index contributed by atoms with van der Waals surface area (Å²) in [5.41, 5.74) is 0.956. The van der Waals surface area contributed by atoms with Gasteiger partial charge in [0.05, 0.1) is 3.79 Å². The van der Waals surface area contributed by atoms with E-state index in [1.165, 1.54) is 10.9 Å². The van der Waals surface area contributed by atoms with Gasteiger partial charge in [0.2, 0.25) is 0 Å².